The van der Waals surface area contributed by atoms with Crippen LogP contribution in [0.3, 0.4) is 0 Å². The van der Waals surface area contributed by atoms with E-state index >= 15 is 0 Å². The molecule has 2 aliphatic heterocycles. The fourth-order valence-corrected chi connectivity index (χ4v) is 3.11. The van der Waals surface area contributed by atoms with Crippen LogP contribution in [0, 0.1) is 0 Å². The Morgan fingerprint density at radius 1 is 0.692 bits per heavy atom. The largest absolute Gasteiger partial charge is 0.636 e. The molecule has 0 aliphatic carbocycles. The van der Waals surface area contributed by atoms with Gasteiger partial charge < -0.3 is 29.4 Å². The Bertz CT molecular complexity index is 916. The number of carbonyl (C=O) groups excluding carboxylic acids is 2. The quantitative estimate of drug-likeness (QED) is 0.377. The molecular weight excluding hydrogens is 342 g/mol. The van der Waals surface area contributed by atoms with Gasteiger partial charge in [0.1, 0.15) is 0 Å². The van der Waals surface area contributed by atoms with Crippen LogP contribution in [0.1, 0.15) is 31.8 Å². The summed E-state index contributed by atoms with van der Waals surface area (Å²) in [5.41, 5.74) is 1.39. The van der Waals surface area contributed by atoms with Crippen molar-refractivity contribution in [3.63, 3.8) is 0 Å². The molecule has 132 valence electrons. The van der Waals surface area contributed by atoms with Crippen molar-refractivity contribution in [1.82, 2.24) is 0 Å². The molecule has 26 heavy (non-hydrogen) atoms. The van der Waals surface area contributed by atoms with Gasteiger partial charge in [-0.3, -0.25) is 9.59 Å². The Morgan fingerprint density at radius 2 is 1.08 bits per heavy atom. The van der Waals surface area contributed by atoms with Crippen LogP contribution in [-0.4, -0.2) is 45.5 Å². The van der Waals surface area contributed by atoms with Crippen LogP contribution in [0.4, 0.5) is 0 Å². The Balaban J connectivity index is 1.65. The molecule has 2 heterocycles. The van der Waals surface area contributed by atoms with Crippen LogP contribution in [0.15, 0.2) is 36.4 Å². The third-order valence-corrected chi connectivity index (χ3v) is 4.42. The molecule has 8 nitrogen and oxygen atoms in total. The predicted molar refractivity (Wildman–Crippen MR) is 92.3 cm³/mol. The number of benzene rings is 2. The van der Waals surface area contributed by atoms with E-state index in [2.05, 4.69) is 9.31 Å². The van der Waals surface area contributed by atoms with Gasteiger partial charge in [-0.1, -0.05) is 47.3 Å². The lowest BCUT2D eigenvalue weighted by Gasteiger charge is -2.21. The normalized spacial score (nSPS) is 19.2. The maximum Gasteiger partial charge on any atom is 0.464 e. The zero-order valence-electron chi connectivity index (χ0n) is 13.2. The molecule has 0 atom stereocenters. The molecule has 0 aromatic heterocycles. The van der Waals surface area contributed by atoms with E-state index in [1.54, 1.807) is 24.3 Å². The van der Waals surface area contributed by atoms with Gasteiger partial charge in [0, 0.05) is 11.1 Å². The van der Waals surface area contributed by atoms with Gasteiger partial charge in [-0.2, -0.15) is 0 Å². The predicted octanol–water partition coefficient (Wildman–Crippen LogP) is -1.54. The van der Waals surface area contributed by atoms with E-state index in [1.165, 1.54) is 24.3 Å². The van der Waals surface area contributed by atoms with Crippen molar-refractivity contribution in [3.8, 4) is 0 Å². The third kappa shape index (κ3) is 2.52. The van der Waals surface area contributed by atoms with Crippen molar-refractivity contribution in [2.45, 2.75) is 0 Å². The fraction of sp³-hybridized carbons (Fsp3) is 0. The minimum Gasteiger partial charge on any atom is -0.636 e. The zero-order valence-corrected chi connectivity index (χ0v) is 13.2. The first-order chi connectivity index (χ1) is 12.2. The average molecular weight is 354 g/mol. The fourth-order valence-electron chi connectivity index (χ4n) is 3.11. The summed E-state index contributed by atoms with van der Waals surface area (Å²) in [6.07, 6.45) is 3.29. The second kappa shape index (κ2) is 5.29. The van der Waals surface area contributed by atoms with E-state index in [-0.39, 0.29) is 22.1 Å². The van der Waals surface area contributed by atoms with Crippen LogP contribution in [0.25, 0.3) is 12.2 Å². The molecule has 4 rings (SSSR count). The number of rotatable bonds is 2. The smallest absolute Gasteiger partial charge is 0.464 e. The van der Waals surface area contributed by atoms with Gasteiger partial charge in [0.25, 0.3) is 11.9 Å². The van der Waals surface area contributed by atoms with E-state index in [4.69, 9.17) is 0 Å². The number of hydrogen-bond acceptors (Lipinski definition) is 8. The summed E-state index contributed by atoms with van der Waals surface area (Å²) in [7, 11) is 0. The lowest BCUT2D eigenvalue weighted by molar-refractivity contribution is 0.0637. The molecule has 10 heteroatoms. The molecule has 2 aliphatic rings. The highest BCUT2D eigenvalue weighted by atomic mass is 16.7. The standard InChI is InChI=1S/C16H12B2O8/c19-15-11-7-9(3-5-13(11)17(21,22)25-15)1-2-10-4-6-14-12(8-10)16(20)26-18(14,23)24/h1-8,21-24H/q-2/b2-1+. The van der Waals surface area contributed by atoms with Crippen LogP contribution in [0.2, 0.25) is 0 Å². The Hall–Kier alpha value is -2.91. The highest BCUT2D eigenvalue weighted by Crippen LogP contribution is 2.20. The van der Waals surface area contributed by atoms with E-state index in [0.29, 0.717) is 11.1 Å². The first-order valence-corrected chi connectivity index (χ1v) is 7.78. The minimum atomic E-state index is -3.31. The molecular formula is C16H12B2O8-2. The van der Waals surface area contributed by atoms with Gasteiger partial charge in [0.2, 0.25) is 0 Å². The van der Waals surface area contributed by atoms with Crippen LogP contribution < -0.4 is 10.9 Å². The molecule has 0 spiro atoms. The molecule has 4 N–H and O–H groups in total. The molecule has 2 aromatic rings. The van der Waals surface area contributed by atoms with Crippen LogP contribution in [0.5, 0.6) is 0 Å². The molecule has 0 radical (unpaired) electrons. The summed E-state index contributed by atoms with van der Waals surface area (Å²) in [5, 5.41) is 38.6. The van der Waals surface area contributed by atoms with E-state index in [1.807, 2.05) is 0 Å². The van der Waals surface area contributed by atoms with Crippen molar-refractivity contribution in [3.05, 3.63) is 58.7 Å². The molecule has 0 saturated carbocycles. The Morgan fingerprint density at radius 3 is 1.46 bits per heavy atom. The number of fused-ring (bicyclic) bond motifs is 2. The monoisotopic (exact) mass is 354 g/mol. The summed E-state index contributed by atoms with van der Waals surface area (Å²) in [4.78, 5) is 23.4. The third-order valence-electron chi connectivity index (χ3n) is 4.42. The summed E-state index contributed by atoms with van der Waals surface area (Å²) < 4.78 is 9.06. The van der Waals surface area contributed by atoms with Crippen molar-refractivity contribution in [1.29, 1.82) is 0 Å². The average Bonchev–Trinajstić information content (AvgIpc) is 2.94. The maximum absolute atomic E-state index is 11.7. The summed E-state index contributed by atoms with van der Waals surface area (Å²) in [5.74, 6) is -1.63. The SMILES string of the molecule is O=C1O[B-](O)(O)c2ccc(/C=C/c3ccc4c(c3)C(=O)O[B-]4(O)O)cc21. The van der Waals surface area contributed by atoms with E-state index in [0.717, 1.165) is 0 Å². The second-order valence-electron chi connectivity index (χ2n) is 6.24. The lowest BCUT2D eigenvalue weighted by atomic mass is 9.70. The van der Waals surface area contributed by atoms with Crippen molar-refractivity contribution in [2.24, 2.45) is 0 Å². The highest BCUT2D eigenvalue weighted by molar-refractivity contribution is 6.78. The minimum absolute atomic E-state index is 0.0249. The second-order valence-corrected chi connectivity index (χ2v) is 6.24. The van der Waals surface area contributed by atoms with Gasteiger partial charge in [0.05, 0.1) is 0 Å². The van der Waals surface area contributed by atoms with Crippen molar-refractivity contribution >= 4 is 48.5 Å². The number of carbonyl (C=O) groups is 2. The van der Waals surface area contributed by atoms with Gasteiger partial charge in [-0.25, -0.2) is 0 Å². The van der Waals surface area contributed by atoms with Crippen molar-refractivity contribution < 1.29 is 39.0 Å². The highest BCUT2D eigenvalue weighted by Gasteiger charge is 2.39. The zero-order chi connectivity index (χ0) is 18.7. The molecule has 2 aromatic carbocycles. The van der Waals surface area contributed by atoms with Gasteiger partial charge in [0.15, 0.2) is 0 Å². The molecule has 0 unspecified atom stereocenters. The van der Waals surface area contributed by atoms with Crippen LogP contribution in [-0.2, 0) is 9.31 Å². The molecule has 0 bridgehead atoms. The van der Waals surface area contributed by atoms with Crippen molar-refractivity contribution in [2.75, 3.05) is 0 Å². The van der Waals surface area contributed by atoms with E-state index < -0.39 is 25.4 Å². The molecule has 0 fully saturated rings. The van der Waals surface area contributed by atoms with E-state index in [9.17, 15) is 29.7 Å². The van der Waals surface area contributed by atoms with Gasteiger partial charge in [-0.15, -0.1) is 0 Å². The molecule has 0 saturated heterocycles. The topological polar surface area (TPSA) is 134 Å². The Labute approximate surface area is 147 Å². The Kier molecular flexibility index (Phi) is 3.37. The van der Waals surface area contributed by atoms with Crippen LogP contribution >= 0.6 is 0 Å². The van der Waals surface area contributed by atoms with Gasteiger partial charge >= 0.3 is 13.5 Å². The maximum atomic E-state index is 11.7. The number of hydrogen-bond donors (Lipinski definition) is 4. The van der Waals surface area contributed by atoms with Gasteiger partial charge in [-0.05, 0) is 23.3 Å². The summed E-state index contributed by atoms with van der Waals surface area (Å²) in [6.45, 7) is -6.61. The summed E-state index contributed by atoms with van der Waals surface area (Å²) in [6, 6.07) is 8.88. The first-order valence-electron chi connectivity index (χ1n) is 7.78. The molecule has 0 amide bonds. The first kappa shape index (κ1) is 16.6. The lowest BCUT2D eigenvalue weighted by Crippen LogP contribution is -2.47. The summed E-state index contributed by atoms with van der Waals surface area (Å²) >= 11 is 0.